The molecule has 0 unspecified atom stereocenters. The molecule has 0 N–H and O–H groups in total. The summed E-state index contributed by atoms with van der Waals surface area (Å²) in [4.78, 5) is 14.7. The molecule has 0 amide bonds. The standard InChI is InChI=1S/C15H18F3NO2/c1-14(2,19-9-5-6-10-19)13(20)11-7-3-4-8-12(11)21-15(16,17)18/h3-4,7-8H,5-6,9-10H2,1-2H3. The molecule has 1 aromatic carbocycles. The van der Waals surface area contributed by atoms with Crippen molar-refractivity contribution in [3.63, 3.8) is 0 Å². The fourth-order valence-electron chi connectivity index (χ4n) is 2.62. The van der Waals surface area contributed by atoms with Crippen LogP contribution in [0.1, 0.15) is 37.0 Å². The average Bonchev–Trinajstić information content (AvgIpc) is 2.91. The largest absolute Gasteiger partial charge is 0.573 e. The van der Waals surface area contributed by atoms with E-state index in [1.165, 1.54) is 24.3 Å². The molecule has 1 heterocycles. The Morgan fingerprint density at radius 3 is 2.29 bits per heavy atom. The highest BCUT2D eigenvalue weighted by molar-refractivity contribution is 6.04. The molecule has 0 aliphatic carbocycles. The van der Waals surface area contributed by atoms with E-state index in [9.17, 15) is 18.0 Å². The number of hydrogen-bond donors (Lipinski definition) is 0. The lowest BCUT2D eigenvalue weighted by Gasteiger charge is -2.34. The SMILES string of the molecule is CC(C)(C(=O)c1ccccc1OC(F)(F)F)N1CCCC1. The summed E-state index contributed by atoms with van der Waals surface area (Å²) in [5, 5.41) is 0. The topological polar surface area (TPSA) is 29.5 Å². The van der Waals surface area contributed by atoms with Crippen LogP contribution in [0, 0.1) is 0 Å². The summed E-state index contributed by atoms with van der Waals surface area (Å²) >= 11 is 0. The van der Waals surface area contributed by atoms with Gasteiger partial charge in [-0.15, -0.1) is 13.2 Å². The van der Waals surface area contributed by atoms with Gasteiger partial charge in [0, 0.05) is 0 Å². The van der Waals surface area contributed by atoms with Crippen LogP contribution in [-0.4, -0.2) is 35.7 Å². The van der Waals surface area contributed by atoms with E-state index in [-0.39, 0.29) is 11.3 Å². The van der Waals surface area contributed by atoms with Gasteiger partial charge in [-0.05, 0) is 51.9 Å². The summed E-state index contributed by atoms with van der Waals surface area (Å²) in [6, 6.07) is 5.50. The van der Waals surface area contributed by atoms with Gasteiger partial charge in [0.05, 0.1) is 11.1 Å². The number of benzene rings is 1. The van der Waals surface area contributed by atoms with Crippen LogP contribution in [0.25, 0.3) is 0 Å². The zero-order chi connectivity index (χ0) is 15.7. The quantitative estimate of drug-likeness (QED) is 0.795. The Hall–Kier alpha value is -1.56. The van der Waals surface area contributed by atoms with Crippen molar-refractivity contribution >= 4 is 5.78 Å². The highest BCUT2D eigenvalue weighted by atomic mass is 19.4. The van der Waals surface area contributed by atoms with Gasteiger partial charge in [-0.2, -0.15) is 0 Å². The molecule has 1 fully saturated rings. The maximum absolute atomic E-state index is 12.7. The smallest absolute Gasteiger partial charge is 0.405 e. The summed E-state index contributed by atoms with van der Waals surface area (Å²) in [6.45, 7) is 5.04. The molecule has 0 aromatic heterocycles. The minimum Gasteiger partial charge on any atom is -0.405 e. The Kier molecular flexibility index (Phi) is 4.27. The summed E-state index contributed by atoms with van der Waals surface area (Å²) in [5.41, 5.74) is -0.881. The zero-order valence-electron chi connectivity index (χ0n) is 12.0. The molecule has 3 nitrogen and oxygen atoms in total. The van der Waals surface area contributed by atoms with Gasteiger partial charge < -0.3 is 4.74 Å². The Morgan fingerprint density at radius 2 is 1.71 bits per heavy atom. The van der Waals surface area contributed by atoms with E-state index in [4.69, 9.17) is 0 Å². The van der Waals surface area contributed by atoms with Crippen LogP contribution in [0.5, 0.6) is 5.75 Å². The van der Waals surface area contributed by atoms with Crippen LogP contribution in [0.4, 0.5) is 13.2 Å². The second-order valence-corrected chi connectivity index (χ2v) is 5.63. The second-order valence-electron chi connectivity index (χ2n) is 5.63. The minimum atomic E-state index is -4.81. The van der Waals surface area contributed by atoms with E-state index in [1.807, 2.05) is 4.90 Å². The van der Waals surface area contributed by atoms with Crippen molar-refractivity contribution < 1.29 is 22.7 Å². The van der Waals surface area contributed by atoms with Crippen LogP contribution in [-0.2, 0) is 0 Å². The van der Waals surface area contributed by atoms with E-state index < -0.39 is 17.7 Å². The number of Topliss-reactive ketones (excluding diaryl/α,β-unsaturated/α-hetero) is 1. The molecule has 1 aromatic rings. The lowest BCUT2D eigenvalue weighted by atomic mass is 9.91. The zero-order valence-corrected chi connectivity index (χ0v) is 12.0. The van der Waals surface area contributed by atoms with Gasteiger partial charge in [-0.1, -0.05) is 12.1 Å². The maximum atomic E-state index is 12.7. The maximum Gasteiger partial charge on any atom is 0.573 e. The summed E-state index contributed by atoms with van der Waals surface area (Å²) in [6.07, 6.45) is -2.82. The van der Waals surface area contributed by atoms with Crippen molar-refractivity contribution in [2.24, 2.45) is 0 Å². The van der Waals surface area contributed by atoms with Gasteiger partial charge >= 0.3 is 6.36 Å². The molecule has 116 valence electrons. The third kappa shape index (κ3) is 3.56. The first-order chi connectivity index (χ1) is 9.72. The monoisotopic (exact) mass is 301 g/mol. The van der Waals surface area contributed by atoms with E-state index in [0.29, 0.717) is 0 Å². The number of ketones is 1. The number of likely N-dealkylation sites (tertiary alicyclic amines) is 1. The number of halogens is 3. The lowest BCUT2D eigenvalue weighted by Crippen LogP contribution is -2.48. The number of nitrogens with zero attached hydrogens (tertiary/aromatic N) is 1. The van der Waals surface area contributed by atoms with Crippen molar-refractivity contribution in [2.45, 2.75) is 38.6 Å². The summed E-state index contributed by atoms with van der Waals surface area (Å²) in [7, 11) is 0. The first kappa shape index (κ1) is 15.8. The van der Waals surface area contributed by atoms with Crippen LogP contribution in [0.3, 0.4) is 0 Å². The number of ether oxygens (including phenoxy) is 1. The number of rotatable bonds is 4. The predicted molar refractivity (Wildman–Crippen MR) is 72.3 cm³/mol. The lowest BCUT2D eigenvalue weighted by molar-refractivity contribution is -0.274. The van der Waals surface area contributed by atoms with Crippen LogP contribution >= 0.6 is 0 Å². The average molecular weight is 301 g/mol. The number of carbonyl (C=O) groups is 1. The Bertz CT molecular complexity index is 520. The Morgan fingerprint density at radius 1 is 1.14 bits per heavy atom. The summed E-state index contributed by atoms with van der Waals surface area (Å²) < 4.78 is 41.3. The number of hydrogen-bond acceptors (Lipinski definition) is 3. The third-order valence-electron chi connectivity index (χ3n) is 3.81. The first-order valence-electron chi connectivity index (χ1n) is 6.86. The van der Waals surface area contributed by atoms with Gasteiger partial charge in [0.25, 0.3) is 0 Å². The number of para-hydroxylation sites is 1. The van der Waals surface area contributed by atoms with E-state index >= 15 is 0 Å². The molecule has 0 radical (unpaired) electrons. The van der Waals surface area contributed by atoms with Gasteiger partial charge in [-0.3, -0.25) is 9.69 Å². The molecule has 1 aliphatic rings. The van der Waals surface area contributed by atoms with Crippen molar-refractivity contribution in [1.82, 2.24) is 4.90 Å². The fraction of sp³-hybridized carbons (Fsp3) is 0.533. The van der Waals surface area contributed by atoms with Crippen molar-refractivity contribution in [1.29, 1.82) is 0 Å². The van der Waals surface area contributed by atoms with Crippen molar-refractivity contribution in [3.8, 4) is 5.75 Å². The van der Waals surface area contributed by atoms with Gasteiger partial charge in [0.2, 0.25) is 0 Å². The molecule has 0 atom stereocenters. The minimum absolute atomic E-state index is 0.0354. The Labute approximate surface area is 121 Å². The fourth-order valence-corrected chi connectivity index (χ4v) is 2.62. The normalized spacial score (nSPS) is 17.0. The molecule has 21 heavy (non-hydrogen) atoms. The Balaban J connectivity index is 2.30. The third-order valence-corrected chi connectivity index (χ3v) is 3.81. The number of alkyl halides is 3. The van der Waals surface area contributed by atoms with E-state index in [0.717, 1.165) is 25.9 Å². The highest BCUT2D eigenvalue weighted by Gasteiger charge is 2.39. The highest BCUT2D eigenvalue weighted by Crippen LogP contribution is 2.31. The van der Waals surface area contributed by atoms with Gasteiger partial charge in [0.15, 0.2) is 5.78 Å². The van der Waals surface area contributed by atoms with Crippen LogP contribution in [0.2, 0.25) is 0 Å². The second kappa shape index (κ2) is 5.67. The molecule has 0 bridgehead atoms. The van der Waals surface area contributed by atoms with Crippen molar-refractivity contribution in [2.75, 3.05) is 13.1 Å². The van der Waals surface area contributed by atoms with Crippen LogP contribution in [0.15, 0.2) is 24.3 Å². The molecular formula is C15H18F3NO2. The van der Waals surface area contributed by atoms with E-state index in [2.05, 4.69) is 4.74 Å². The molecule has 0 saturated carbocycles. The van der Waals surface area contributed by atoms with E-state index in [1.54, 1.807) is 13.8 Å². The van der Waals surface area contributed by atoms with Gasteiger partial charge in [0.1, 0.15) is 5.75 Å². The molecule has 0 spiro atoms. The summed E-state index contributed by atoms with van der Waals surface area (Å²) in [5.74, 6) is -0.800. The molecule has 6 heteroatoms. The predicted octanol–water partition coefficient (Wildman–Crippen LogP) is 3.64. The molecular weight excluding hydrogens is 283 g/mol. The number of carbonyl (C=O) groups excluding carboxylic acids is 1. The molecule has 1 aliphatic heterocycles. The van der Waals surface area contributed by atoms with Crippen LogP contribution < -0.4 is 4.74 Å². The molecule has 2 rings (SSSR count). The first-order valence-corrected chi connectivity index (χ1v) is 6.86. The molecule has 1 saturated heterocycles. The van der Waals surface area contributed by atoms with Gasteiger partial charge in [-0.25, -0.2) is 0 Å². The van der Waals surface area contributed by atoms with Crippen molar-refractivity contribution in [3.05, 3.63) is 29.8 Å².